The number of halogens is 3. The number of sulfonamides is 1. The summed E-state index contributed by atoms with van der Waals surface area (Å²) in [5, 5.41) is 5.11. The van der Waals surface area contributed by atoms with Crippen molar-refractivity contribution in [2.45, 2.75) is 4.90 Å². The van der Waals surface area contributed by atoms with E-state index in [-0.39, 0.29) is 10.6 Å². The zero-order valence-corrected chi connectivity index (χ0v) is 19.0. The van der Waals surface area contributed by atoms with Crippen LogP contribution in [0.15, 0.2) is 82.8 Å². The van der Waals surface area contributed by atoms with Gasteiger partial charge >= 0.3 is 0 Å². The predicted octanol–water partition coefficient (Wildman–Crippen LogP) is 4.99. The smallest absolute Gasteiger partial charge is 0.264 e. The lowest BCUT2D eigenvalue weighted by atomic mass is 10.2. The number of rotatable bonds is 7. The number of anilines is 1. The van der Waals surface area contributed by atoms with Crippen LogP contribution in [0.4, 0.5) is 5.69 Å². The van der Waals surface area contributed by atoms with Gasteiger partial charge in [0.1, 0.15) is 6.54 Å². The Morgan fingerprint density at radius 2 is 1.55 bits per heavy atom. The van der Waals surface area contributed by atoms with Crippen LogP contribution in [0.5, 0.6) is 0 Å². The molecular formula is C21H16Cl3N3O3S. The van der Waals surface area contributed by atoms with Gasteiger partial charge in [-0.3, -0.25) is 9.10 Å². The van der Waals surface area contributed by atoms with E-state index in [0.29, 0.717) is 20.6 Å². The molecule has 0 saturated carbocycles. The molecule has 31 heavy (non-hydrogen) atoms. The van der Waals surface area contributed by atoms with Crippen molar-refractivity contribution in [2.75, 3.05) is 10.8 Å². The highest BCUT2D eigenvalue weighted by Crippen LogP contribution is 2.26. The second kappa shape index (κ2) is 10.2. The van der Waals surface area contributed by atoms with Crippen molar-refractivity contribution >= 4 is 62.6 Å². The van der Waals surface area contributed by atoms with Gasteiger partial charge in [0, 0.05) is 15.1 Å². The van der Waals surface area contributed by atoms with Crippen LogP contribution in [0.3, 0.4) is 0 Å². The van der Waals surface area contributed by atoms with Crippen molar-refractivity contribution in [3.63, 3.8) is 0 Å². The van der Waals surface area contributed by atoms with Crippen molar-refractivity contribution < 1.29 is 13.2 Å². The molecule has 3 rings (SSSR count). The second-order valence-corrected chi connectivity index (χ2v) is 9.47. The van der Waals surface area contributed by atoms with Crippen LogP contribution in [0, 0.1) is 0 Å². The van der Waals surface area contributed by atoms with E-state index in [2.05, 4.69) is 10.5 Å². The summed E-state index contributed by atoms with van der Waals surface area (Å²) in [5.74, 6) is -0.643. The highest BCUT2D eigenvalue weighted by atomic mass is 35.5. The van der Waals surface area contributed by atoms with Gasteiger partial charge in [-0.1, -0.05) is 53.0 Å². The first-order valence-electron chi connectivity index (χ1n) is 8.87. The first-order chi connectivity index (χ1) is 14.8. The molecule has 1 amide bonds. The normalized spacial score (nSPS) is 11.5. The van der Waals surface area contributed by atoms with E-state index in [0.717, 1.165) is 4.31 Å². The molecule has 10 heteroatoms. The van der Waals surface area contributed by atoms with Gasteiger partial charge in [0.05, 0.1) is 16.8 Å². The quantitative estimate of drug-likeness (QED) is 0.370. The molecule has 0 bridgehead atoms. The number of nitrogens with one attached hydrogen (secondary N) is 1. The largest absolute Gasteiger partial charge is 0.271 e. The number of carbonyl (C=O) groups is 1. The third-order valence-electron chi connectivity index (χ3n) is 4.04. The van der Waals surface area contributed by atoms with Crippen LogP contribution >= 0.6 is 34.8 Å². The fourth-order valence-electron chi connectivity index (χ4n) is 2.61. The average Bonchev–Trinajstić information content (AvgIpc) is 2.72. The molecule has 0 unspecified atom stereocenters. The highest BCUT2D eigenvalue weighted by molar-refractivity contribution is 7.92. The Morgan fingerprint density at radius 1 is 0.903 bits per heavy atom. The highest BCUT2D eigenvalue weighted by Gasteiger charge is 2.27. The van der Waals surface area contributed by atoms with E-state index in [4.69, 9.17) is 34.8 Å². The zero-order chi connectivity index (χ0) is 22.4. The maximum Gasteiger partial charge on any atom is 0.264 e. The zero-order valence-electron chi connectivity index (χ0n) is 15.9. The summed E-state index contributed by atoms with van der Waals surface area (Å²) in [6.45, 7) is -0.516. The Balaban J connectivity index is 1.84. The lowest BCUT2D eigenvalue weighted by Crippen LogP contribution is -2.39. The Hall–Kier alpha value is -2.58. The standard InChI is InChI=1S/C21H16Cl3N3O3S/c22-16-7-9-20(10-8-16)31(29,30)27(19-6-2-5-18(24)12-19)14-21(28)26-25-13-15-3-1-4-17(23)11-15/h1-13H,14H2,(H,26,28)/b25-13-. The van der Waals surface area contributed by atoms with Gasteiger partial charge in [-0.15, -0.1) is 0 Å². The SMILES string of the molecule is O=C(CN(c1cccc(Cl)c1)S(=O)(=O)c1ccc(Cl)cc1)N/N=C\c1cccc(Cl)c1. The predicted molar refractivity (Wildman–Crippen MR) is 125 cm³/mol. The maximum absolute atomic E-state index is 13.2. The van der Waals surface area contributed by atoms with Gasteiger partial charge in [0.2, 0.25) is 0 Å². The molecule has 0 aliphatic heterocycles. The van der Waals surface area contributed by atoms with Crippen molar-refractivity contribution in [2.24, 2.45) is 5.10 Å². The minimum atomic E-state index is -4.08. The number of carbonyl (C=O) groups excluding carboxylic acids is 1. The molecule has 0 atom stereocenters. The molecule has 0 aliphatic carbocycles. The molecule has 6 nitrogen and oxygen atoms in total. The van der Waals surface area contributed by atoms with E-state index in [1.807, 2.05) is 0 Å². The molecule has 0 spiro atoms. The first kappa shape index (κ1) is 23.1. The molecular weight excluding hydrogens is 481 g/mol. The van der Waals surface area contributed by atoms with Gasteiger partial charge in [0.25, 0.3) is 15.9 Å². The average molecular weight is 497 g/mol. The summed E-state index contributed by atoms with van der Waals surface area (Å²) in [6.07, 6.45) is 1.40. The molecule has 0 fully saturated rings. The summed E-state index contributed by atoms with van der Waals surface area (Å²) in [5.41, 5.74) is 3.23. The van der Waals surface area contributed by atoms with Gasteiger partial charge < -0.3 is 0 Å². The maximum atomic E-state index is 13.2. The number of nitrogens with zero attached hydrogens (tertiary/aromatic N) is 2. The lowest BCUT2D eigenvalue weighted by molar-refractivity contribution is -0.119. The number of amides is 1. The van der Waals surface area contributed by atoms with Crippen molar-refractivity contribution in [3.8, 4) is 0 Å². The Kier molecular flexibility index (Phi) is 7.56. The Labute approximate surface area is 195 Å². The van der Waals surface area contributed by atoms with E-state index in [9.17, 15) is 13.2 Å². The Bertz CT molecular complexity index is 1220. The van der Waals surface area contributed by atoms with Crippen LogP contribution in [-0.2, 0) is 14.8 Å². The molecule has 0 aliphatic rings. The first-order valence-corrected chi connectivity index (χ1v) is 11.4. The third kappa shape index (κ3) is 6.21. The molecule has 160 valence electrons. The lowest BCUT2D eigenvalue weighted by Gasteiger charge is -2.23. The van der Waals surface area contributed by atoms with Gasteiger partial charge in [-0.25, -0.2) is 13.8 Å². The second-order valence-electron chi connectivity index (χ2n) is 6.29. The van der Waals surface area contributed by atoms with Crippen LogP contribution in [0.25, 0.3) is 0 Å². The number of hydrogen-bond donors (Lipinski definition) is 1. The summed E-state index contributed by atoms with van der Waals surface area (Å²) in [4.78, 5) is 12.5. The minimum Gasteiger partial charge on any atom is -0.271 e. The molecule has 0 heterocycles. The minimum absolute atomic E-state index is 0.0212. The van der Waals surface area contributed by atoms with Crippen LogP contribution < -0.4 is 9.73 Å². The monoisotopic (exact) mass is 495 g/mol. The number of hydrazone groups is 1. The van der Waals surface area contributed by atoms with Crippen LogP contribution in [0.1, 0.15) is 5.56 Å². The number of hydrogen-bond acceptors (Lipinski definition) is 4. The van der Waals surface area contributed by atoms with E-state index in [1.165, 1.54) is 36.5 Å². The molecule has 0 aromatic heterocycles. The van der Waals surface area contributed by atoms with Crippen LogP contribution in [0.2, 0.25) is 15.1 Å². The van der Waals surface area contributed by atoms with Gasteiger partial charge in [-0.2, -0.15) is 5.10 Å². The van der Waals surface area contributed by atoms with Gasteiger partial charge in [-0.05, 0) is 60.2 Å². The number of benzene rings is 3. The van der Waals surface area contributed by atoms with E-state index >= 15 is 0 Å². The fourth-order valence-corrected chi connectivity index (χ4v) is 4.53. The van der Waals surface area contributed by atoms with Crippen LogP contribution in [-0.4, -0.2) is 27.1 Å². The van der Waals surface area contributed by atoms with Crippen molar-refractivity contribution in [1.82, 2.24) is 5.43 Å². The fraction of sp³-hybridized carbons (Fsp3) is 0.0476. The topological polar surface area (TPSA) is 78.8 Å². The Morgan fingerprint density at radius 3 is 2.19 bits per heavy atom. The molecule has 0 saturated heterocycles. The van der Waals surface area contributed by atoms with E-state index in [1.54, 1.807) is 42.5 Å². The summed E-state index contributed by atoms with van der Waals surface area (Å²) >= 11 is 17.8. The molecule has 1 N–H and O–H groups in total. The summed E-state index contributed by atoms with van der Waals surface area (Å²) in [7, 11) is -4.08. The van der Waals surface area contributed by atoms with E-state index < -0.39 is 22.5 Å². The molecule has 0 radical (unpaired) electrons. The third-order valence-corrected chi connectivity index (χ3v) is 6.55. The summed E-state index contributed by atoms with van der Waals surface area (Å²) < 4.78 is 27.4. The molecule has 3 aromatic carbocycles. The van der Waals surface area contributed by atoms with Crippen molar-refractivity contribution in [1.29, 1.82) is 0 Å². The van der Waals surface area contributed by atoms with Gasteiger partial charge in [0.15, 0.2) is 0 Å². The summed E-state index contributed by atoms with van der Waals surface area (Å²) in [6, 6.07) is 18.7. The molecule has 3 aromatic rings. The van der Waals surface area contributed by atoms with Crippen molar-refractivity contribution in [3.05, 3.63) is 93.4 Å².